The first-order chi connectivity index (χ1) is 9.92. The Labute approximate surface area is 118 Å². The van der Waals surface area contributed by atoms with Crippen molar-refractivity contribution in [3.63, 3.8) is 0 Å². The number of nitrogens with zero attached hydrogens (tertiary/aromatic N) is 2. The van der Waals surface area contributed by atoms with E-state index in [4.69, 9.17) is 0 Å². The fraction of sp³-hybridized carbons (Fsp3) is 0.250. The minimum atomic E-state index is 0.763. The van der Waals surface area contributed by atoms with E-state index in [1.54, 1.807) is 0 Å². The highest BCUT2D eigenvalue weighted by Gasteiger charge is 2.00. The van der Waals surface area contributed by atoms with Gasteiger partial charge >= 0.3 is 0 Å². The molecule has 0 atom stereocenters. The van der Waals surface area contributed by atoms with E-state index in [1.807, 2.05) is 18.3 Å². The van der Waals surface area contributed by atoms with Gasteiger partial charge in [-0.05, 0) is 35.2 Å². The Morgan fingerprint density at radius 3 is 2.95 bits per heavy atom. The second-order valence-electron chi connectivity index (χ2n) is 4.84. The van der Waals surface area contributed by atoms with Crippen LogP contribution in [0, 0.1) is 0 Å². The molecule has 0 aliphatic carbocycles. The lowest BCUT2D eigenvalue weighted by atomic mass is 10.1. The lowest BCUT2D eigenvalue weighted by molar-refractivity contribution is 0.745. The van der Waals surface area contributed by atoms with Gasteiger partial charge in [-0.2, -0.15) is 5.10 Å². The number of rotatable bonds is 2. The van der Waals surface area contributed by atoms with E-state index in [1.165, 1.54) is 10.8 Å². The van der Waals surface area contributed by atoms with Crippen molar-refractivity contribution in [3.8, 4) is 0 Å². The number of guanidine groups is 1. The predicted molar refractivity (Wildman–Crippen MR) is 84.2 cm³/mol. The monoisotopic (exact) mass is 266 g/mol. The highest BCUT2D eigenvalue weighted by Crippen LogP contribution is 2.14. The van der Waals surface area contributed by atoms with Gasteiger partial charge in [0, 0.05) is 13.1 Å². The molecule has 0 saturated heterocycles. The summed E-state index contributed by atoms with van der Waals surface area (Å²) in [6, 6.07) is 14.6. The van der Waals surface area contributed by atoms with Crippen molar-refractivity contribution >= 4 is 22.9 Å². The molecule has 1 aliphatic rings. The van der Waals surface area contributed by atoms with Gasteiger partial charge in [0.2, 0.25) is 5.96 Å². The summed E-state index contributed by atoms with van der Waals surface area (Å²) in [5.41, 5.74) is 4.04. The van der Waals surface area contributed by atoms with Gasteiger partial charge in [0.15, 0.2) is 0 Å². The fourth-order valence-corrected chi connectivity index (χ4v) is 2.22. The molecule has 4 heteroatoms. The summed E-state index contributed by atoms with van der Waals surface area (Å²) in [6.07, 6.45) is 4.11. The number of aliphatic imine (C=N–C) groups is 1. The van der Waals surface area contributed by atoms with Crippen LogP contribution >= 0.6 is 0 Å². The number of hydrogen-bond acceptors (Lipinski definition) is 4. The van der Waals surface area contributed by atoms with Crippen molar-refractivity contribution in [2.75, 3.05) is 13.1 Å². The second kappa shape index (κ2) is 6.19. The minimum absolute atomic E-state index is 0.763. The molecular formula is C16H18N4. The largest absolute Gasteiger partial charge is 0.355 e. The molecule has 2 N–H and O–H groups in total. The molecule has 20 heavy (non-hydrogen) atoms. The summed E-state index contributed by atoms with van der Waals surface area (Å²) >= 11 is 0. The SMILES string of the molecule is C(=N\NC1=NCCCCN1)/c1ccc2ccccc2c1. The summed E-state index contributed by atoms with van der Waals surface area (Å²) in [6.45, 7) is 1.82. The zero-order chi connectivity index (χ0) is 13.6. The van der Waals surface area contributed by atoms with Gasteiger partial charge in [0.25, 0.3) is 0 Å². The standard InChI is InChI=1S/C16H18N4/c1-2-6-15-11-13(7-8-14(15)5-1)12-19-20-16-17-9-3-4-10-18-16/h1-2,5-8,11-12H,3-4,9-10H2,(H2,17,18,20)/b19-12+. The van der Waals surface area contributed by atoms with Crippen molar-refractivity contribution in [3.05, 3.63) is 48.0 Å². The van der Waals surface area contributed by atoms with Gasteiger partial charge in [0.1, 0.15) is 0 Å². The Balaban J connectivity index is 1.69. The Hall–Kier alpha value is -2.36. The van der Waals surface area contributed by atoms with Crippen molar-refractivity contribution in [2.45, 2.75) is 12.8 Å². The molecule has 0 aromatic heterocycles. The lowest BCUT2D eigenvalue weighted by Crippen LogP contribution is -2.33. The molecule has 0 spiro atoms. The van der Waals surface area contributed by atoms with Crippen LogP contribution in [0.2, 0.25) is 0 Å². The van der Waals surface area contributed by atoms with E-state index in [0.717, 1.165) is 37.5 Å². The molecular weight excluding hydrogens is 248 g/mol. The topological polar surface area (TPSA) is 48.8 Å². The summed E-state index contributed by atoms with van der Waals surface area (Å²) < 4.78 is 0. The maximum atomic E-state index is 4.38. The molecule has 102 valence electrons. The Kier molecular flexibility index (Phi) is 3.92. The summed E-state index contributed by atoms with van der Waals surface area (Å²) in [5, 5.41) is 9.93. The van der Waals surface area contributed by atoms with Crippen LogP contribution in [-0.2, 0) is 0 Å². The van der Waals surface area contributed by atoms with Crippen LogP contribution in [0.3, 0.4) is 0 Å². The molecule has 1 heterocycles. The number of hydrazone groups is 1. The molecule has 0 fully saturated rings. The molecule has 3 rings (SSSR count). The third-order valence-corrected chi connectivity index (χ3v) is 3.30. The van der Waals surface area contributed by atoms with Crippen molar-refractivity contribution in [1.82, 2.24) is 10.7 Å². The molecule has 2 aromatic carbocycles. The van der Waals surface area contributed by atoms with Gasteiger partial charge in [-0.15, -0.1) is 0 Å². The zero-order valence-electron chi connectivity index (χ0n) is 11.3. The number of nitrogens with one attached hydrogen (secondary N) is 2. The minimum Gasteiger partial charge on any atom is -0.355 e. The van der Waals surface area contributed by atoms with Crippen LogP contribution in [0.5, 0.6) is 0 Å². The van der Waals surface area contributed by atoms with E-state index in [9.17, 15) is 0 Å². The van der Waals surface area contributed by atoms with E-state index in [2.05, 4.69) is 51.2 Å². The van der Waals surface area contributed by atoms with Crippen LogP contribution in [0.1, 0.15) is 18.4 Å². The van der Waals surface area contributed by atoms with Gasteiger partial charge in [-0.1, -0.05) is 36.4 Å². The van der Waals surface area contributed by atoms with Crippen LogP contribution < -0.4 is 10.7 Å². The summed E-state index contributed by atoms with van der Waals surface area (Å²) in [4.78, 5) is 4.38. The van der Waals surface area contributed by atoms with E-state index in [0.29, 0.717) is 0 Å². The summed E-state index contributed by atoms with van der Waals surface area (Å²) in [7, 11) is 0. The molecule has 0 bridgehead atoms. The van der Waals surface area contributed by atoms with E-state index < -0.39 is 0 Å². The third-order valence-electron chi connectivity index (χ3n) is 3.30. The zero-order valence-corrected chi connectivity index (χ0v) is 11.3. The highest BCUT2D eigenvalue weighted by atomic mass is 15.4. The molecule has 4 nitrogen and oxygen atoms in total. The lowest BCUT2D eigenvalue weighted by Gasteiger charge is -2.04. The van der Waals surface area contributed by atoms with Gasteiger partial charge in [-0.25, -0.2) is 5.43 Å². The smallest absolute Gasteiger partial charge is 0.212 e. The number of fused-ring (bicyclic) bond motifs is 1. The maximum absolute atomic E-state index is 4.38. The first kappa shape index (κ1) is 12.7. The summed E-state index contributed by atoms with van der Waals surface area (Å²) in [5.74, 6) is 0.763. The van der Waals surface area contributed by atoms with E-state index in [-0.39, 0.29) is 0 Å². The average Bonchev–Trinajstić information content (AvgIpc) is 2.76. The molecule has 0 unspecified atom stereocenters. The second-order valence-corrected chi connectivity index (χ2v) is 4.84. The Bertz CT molecular complexity index is 646. The first-order valence-electron chi connectivity index (χ1n) is 6.98. The van der Waals surface area contributed by atoms with Crippen LogP contribution in [0.4, 0.5) is 0 Å². The quantitative estimate of drug-likeness (QED) is 0.648. The van der Waals surface area contributed by atoms with Crippen molar-refractivity contribution in [1.29, 1.82) is 0 Å². The average molecular weight is 266 g/mol. The predicted octanol–water partition coefficient (Wildman–Crippen LogP) is 2.50. The highest BCUT2D eigenvalue weighted by molar-refractivity contribution is 5.91. The Morgan fingerprint density at radius 1 is 1.10 bits per heavy atom. The third kappa shape index (κ3) is 3.15. The number of benzene rings is 2. The molecule has 0 amide bonds. The molecule has 0 radical (unpaired) electrons. The Morgan fingerprint density at radius 2 is 2.00 bits per heavy atom. The molecule has 2 aromatic rings. The fourth-order valence-electron chi connectivity index (χ4n) is 2.22. The van der Waals surface area contributed by atoms with Crippen LogP contribution in [0.25, 0.3) is 10.8 Å². The normalized spacial score (nSPS) is 15.7. The van der Waals surface area contributed by atoms with Crippen LogP contribution in [0.15, 0.2) is 52.6 Å². The maximum Gasteiger partial charge on any atom is 0.212 e. The first-order valence-corrected chi connectivity index (χ1v) is 6.98. The van der Waals surface area contributed by atoms with Gasteiger partial charge < -0.3 is 5.32 Å². The van der Waals surface area contributed by atoms with E-state index >= 15 is 0 Å². The van der Waals surface area contributed by atoms with Gasteiger partial charge in [-0.3, -0.25) is 4.99 Å². The van der Waals surface area contributed by atoms with Crippen LogP contribution in [-0.4, -0.2) is 25.3 Å². The van der Waals surface area contributed by atoms with Crippen molar-refractivity contribution in [2.24, 2.45) is 10.1 Å². The van der Waals surface area contributed by atoms with Crippen molar-refractivity contribution < 1.29 is 0 Å². The van der Waals surface area contributed by atoms with Gasteiger partial charge in [0.05, 0.1) is 6.21 Å². The number of hydrogen-bond donors (Lipinski definition) is 2. The molecule has 1 aliphatic heterocycles. The molecule has 0 saturated carbocycles.